The molecular formula is C17H20N4O2S. The highest BCUT2D eigenvalue weighted by atomic mass is 32.1. The molecule has 1 atom stereocenters. The summed E-state index contributed by atoms with van der Waals surface area (Å²) in [5.41, 5.74) is 3.17. The van der Waals surface area contributed by atoms with Gasteiger partial charge in [0.25, 0.3) is 0 Å². The van der Waals surface area contributed by atoms with Gasteiger partial charge in [-0.1, -0.05) is 0 Å². The molecule has 2 aromatic rings. The molecular weight excluding hydrogens is 324 g/mol. The van der Waals surface area contributed by atoms with Gasteiger partial charge in [-0.25, -0.2) is 4.98 Å². The average Bonchev–Trinajstić information content (AvgIpc) is 3.23. The Labute approximate surface area is 144 Å². The van der Waals surface area contributed by atoms with E-state index < -0.39 is 0 Å². The van der Waals surface area contributed by atoms with Crippen molar-refractivity contribution in [2.75, 3.05) is 38.6 Å². The van der Waals surface area contributed by atoms with Crippen molar-refractivity contribution in [1.29, 1.82) is 0 Å². The Morgan fingerprint density at radius 2 is 2.42 bits per heavy atom. The zero-order valence-corrected chi connectivity index (χ0v) is 14.4. The molecule has 1 saturated heterocycles. The van der Waals surface area contributed by atoms with Crippen LogP contribution in [0, 0.1) is 0 Å². The first-order valence-corrected chi connectivity index (χ1v) is 9.02. The second kappa shape index (κ2) is 6.51. The van der Waals surface area contributed by atoms with E-state index in [0.29, 0.717) is 11.7 Å². The molecule has 0 bridgehead atoms. The van der Waals surface area contributed by atoms with Crippen LogP contribution in [0.4, 0.5) is 5.13 Å². The topological polar surface area (TPSA) is 66.5 Å². The number of piperazine rings is 1. The lowest BCUT2D eigenvalue weighted by molar-refractivity contribution is -0.121. The van der Waals surface area contributed by atoms with Crippen LogP contribution >= 0.6 is 11.3 Å². The van der Waals surface area contributed by atoms with Gasteiger partial charge in [0.15, 0.2) is 5.13 Å². The molecule has 24 heavy (non-hydrogen) atoms. The van der Waals surface area contributed by atoms with E-state index in [9.17, 15) is 4.79 Å². The summed E-state index contributed by atoms with van der Waals surface area (Å²) in [6.45, 7) is 3.22. The van der Waals surface area contributed by atoms with Gasteiger partial charge in [-0.15, -0.1) is 11.3 Å². The minimum Gasteiger partial charge on any atom is -0.493 e. The van der Waals surface area contributed by atoms with Crippen molar-refractivity contribution in [2.45, 2.75) is 12.5 Å². The van der Waals surface area contributed by atoms with Crippen LogP contribution < -0.4 is 15.4 Å². The fraction of sp³-hybridized carbons (Fsp3) is 0.412. The van der Waals surface area contributed by atoms with E-state index in [2.05, 4.69) is 26.6 Å². The largest absolute Gasteiger partial charge is 0.493 e. The summed E-state index contributed by atoms with van der Waals surface area (Å²) in [7, 11) is 1.98. The number of aromatic nitrogens is 1. The molecule has 2 N–H and O–H groups in total. The minimum absolute atomic E-state index is 0.00652. The number of carbonyl (C=O) groups excluding carboxylic acids is 1. The van der Waals surface area contributed by atoms with Crippen LogP contribution in [0.1, 0.15) is 5.56 Å². The maximum Gasteiger partial charge on any atom is 0.244 e. The van der Waals surface area contributed by atoms with Gasteiger partial charge in [0.1, 0.15) is 11.8 Å². The fourth-order valence-corrected chi connectivity index (χ4v) is 3.82. The molecule has 0 aliphatic carbocycles. The number of fused-ring (bicyclic) bond motifs is 1. The molecule has 126 valence electrons. The molecule has 6 nitrogen and oxygen atoms in total. The number of nitrogens with zero attached hydrogens (tertiary/aromatic N) is 2. The van der Waals surface area contributed by atoms with Crippen LogP contribution in [0.5, 0.6) is 5.75 Å². The average molecular weight is 344 g/mol. The van der Waals surface area contributed by atoms with Gasteiger partial charge >= 0.3 is 0 Å². The summed E-state index contributed by atoms with van der Waals surface area (Å²) in [6, 6.07) is 5.99. The molecule has 0 unspecified atom stereocenters. The molecule has 1 aromatic carbocycles. The van der Waals surface area contributed by atoms with E-state index in [-0.39, 0.29) is 11.9 Å². The van der Waals surface area contributed by atoms with Gasteiger partial charge in [0.2, 0.25) is 5.91 Å². The van der Waals surface area contributed by atoms with Crippen LogP contribution in [-0.4, -0.2) is 55.1 Å². The Hall–Kier alpha value is -1.96. The predicted molar refractivity (Wildman–Crippen MR) is 94.7 cm³/mol. The van der Waals surface area contributed by atoms with Gasteiger partial charge in [-0.2, -0.15) is 0 Å². The lowest BCUT2D eigenvalue weighted by Crippen LogP contribution is -2.54. The van der Waals surface area contributed by atoms with E-state index in [4.69, 9.17) is 4.74 Å². The molecule has 0 spiro atoms. The number of likely N-dealkylation sites (N-methyl/N-ethyl adjacent to an activating group) is 1. The van der Waals surface area contributed by atoms with E-state index in [1.807, 2.05) is 24.6 Å². The Kier molecular flexibility index (Phi) is 4.22. The zero-order valence-electron chi connectivity index (χ0n) is 13.5. The normalized spacial score (nSPS) is 20.5. The highest BCUT2D eigenvalue weighted by Gasteiger charge is 2.26. The third-order valence-electron chi connectivity index (χ3n) is 4.53. The molecule has 4 rings (SSSR count). The number of carbonyl (C=O) groups is 1. The first-order chi connectivity index (χ1) is 11.7. The molecule has 1 fully saturated rings. The van der Waals surface area contributed by atoms with Gasteiger partial charge in [-0.3, -0.25) is 9.69 Å². The highest BCUT2D eigenvalue weighted by Crippen LogP contribution is 2.31. The molecule has 0 radical (unpaired) electrons. The van der Waals surface area contributed by atoms with Crippen LogP contribution in [0.3, 0.4) is 0 Å². The number of hydrogen-bond acceptors (Lipinski definition) is 6. The smallest absolute Gasteiger partial charge is 0.244 e. The van der Waals surface area contributed by atoms with Crippen molar-refractivity contribution in [3.05, 3.63) is 29.1 Å². The number of nitrogens with one attached hydrogen (secondary N) is 2. The number of anilines is 1. The molecule has 1 amide bonds. The molecule has 2 aliphatic heterocycles. The van der Waals surface area contributed by atoms with Crippen LogP contribution in [-0.2, 0) is 11.2 Å². The van der Waals surface area contributed by atoms with Crippen molar-refractivity contribution in [3.8, 4) is 17.0 Å². The monoisotopic (exact) mass is 344 g/mol. The Bertz CT molecular complexity index is 761. The summed E-state index contributed by atoms with van der Waals surface area (Å²) >= 11 is 1.46. The van der Waals surface area contributed by atoms with Crippen LogP contribution in [0.15, 0.2) is 23.6 Å². The third-order valence-corrected chi connectivity index (χ3v) is 5.29. The Balaban J connectivity index is 1.47. The van der Waals surface area contributed by atoms with Crippen molar-refractivity contribution >= 4 is 22.4 Å². The molecule has 3 heterocycles. The second-order valence-corrected chi connectivity index (χ2v) is 7.01. The standard InChI is InChI=1S/C17H20N4O2S/c1-21-6-5-18-9-14(21)16(22)20-17-19-13(10-24-17)11-2-3-15-12(8-11)4-7-23-15/h2-3,8,10,14,18H,4-7,9H2,1H3,(H,19,20,22)/t14-/m1/s1. The fourth-order valence-electron chi connectivity index (χ4n) is 3.10. The first kappa shape index (κ1) is 15.6. The van der Waals surface area contributed by atoms with Crippen LogP contribution in [0.2, 0.25) is 0 Å². The van der Waals surface area contributed by atoms with Gasteiger partial charge in [-0.05, 0) is 30.8 Å². The lowest BCUT2D eigenvalue weighted by Gasteiger charge is -2.31. The number of hydrogen-bond donors (Lipinski definition) is 2. The Morgan fingerprint density at radius 3 is 3.29 bits per heavy atom. The number of ether oxygens (including phenoxy) is 1. The highest BCUT2D eigenvalue weighted by molar-refractivity contribution is 7.14. The summed E-state index contributed by atoms with van der Waals surface area (Å²) < 4.78 is 5.54. The van der Waals surface area contributed by atoms with Crippen molar-refractivity contribution < 1.29 is 9.53 Å². The van der Waals surface area contributed by atoms with E-state index in [1.54, 1.807) is 0 Å². The molecule has 0 saturated carbocycles. The molecule has 2 aliphatic rings. The molecule has 1 aromatic heterocycles. The quantitative estimate of drug-likeness (QED) is 0.885. The van der Waals surface area contributed by atoms with Crippen LogP contribution in [0.25, 0.3) is 11.3 Å². The second-order valence-electron chi connectivity index (χ2n) is 6.15. The number of benzene rings is 1. The number of rotatable bonds is 3. The number of thiazole rings is 1. The number of amides is 1. The van der Waals surface area contributed by atoms with E-state index >= 15 is 0 Å². The van der Waals surface area contributed by atoms with Gasteiger partial charge in [0, 0.05) is 37.0 Å². The third kappa shape index (κ3) is 3.02. The summed E-state index contributed by atoms with van der Waals surface area (Å²) in [4.78, 5) is 19.1. The van der Waals surface area contributed by atoms with Crippen molar-refractivity contribution in [1.82, 2.24) is 15.2 Å². The zero-order chi connectivity index (χ0) is 16.5. The van der Waals surface area contributed by atoms with E-state index in [1.165, 1.54) is 16.9 Å². The first-order valence-electron chi connectivity index (χ1n) is 8.14. The SMILES string of the molecule is CN1CCNC[C@@H]1C(=O)Nc1nc(-c2ccc3c(c2)CCO3)cs1. The summed E-state index contributed by atoms with van der Waals surface area (Å²) in [5.74, 6) is 0.961. The maximum absolute atomic E-state index is 12.4. The maximum atomic E-state index is 12.4. The van der Waals surface area contributed by atoms with E-state index in [0.717, 1.165) is 43.1 Å². The predicted octanol–water partition coefficient (Wildman–Crippen LogP) is 1.59. The van der Waals surface area contributed by atoms with Crippen molar-refractivity contribution in [3.63, 3.8) is 0 Å². The lowest BCUT2D eigenvalue weighted by atomic mass is 10.1. The van der Waals surface area contributed by atoms with Gasteiger partial charge in [0.05, 0.1) is 12.3 Å². The van der Waals surface area contributed by atoms with Crippen molar-refractivity contribution in [2.24, 2.45) is 0 Å². The summed E-state index contributed by atoms with van der Waals surface area (Å²) in [6.07, 6.45) is 0.942. The van der Waals surface area contributed by atoms with Gasteiger partial charge < -0.3 is 15.4 Å². The summed E-state index contributed by atoms with van der Waals surface area (Å²) in [5, 5.41) is 8.83. The Morgan fingerprint density at radius 1 is 1.50 bits per heavy atom. The minimum atomic E-state index is -0.150. The molecule has 7 heteroatoms.